The summed E-state index contributed by atoms with van der Waals surface area (Å²) < 4.78 is 0. The van der Waals surface area contributed by atoms with Crippen LogP contribution in [0.5, 0.6) is 0 Å². The van der Waals surface area contributed by atoms with Crippen LogP contribution in [0.4, 0.5) is 0 Å². The molecule has 4 rings (SSSR count). The van der Waals surface area contributed by atoms with Gasteiger partial charge in [0.2, 0.25) is 0 Å². The largest absolute Gasteiger partial charge is 0.358 e. The minimum Gasteiger partial charge on any atom is -0.358 e. The number of H-pyrrole nitrogens is 1. The molecule has 28 heavy (non-hydrogen) atoms. The predicted octanol–water partition coefficient (Wildman–Crippen LogP) is 2.44. The normalized spacial score (nSPS) is 17.8. The van der Waals surface area contributed by atoms with E-state index >= 15 is 0 Å². The van der Waals surface area contributed by atoms with Crippen molar-refractivity contribution in [2.75, 3.05) is 13.1 Å². The standard InChI is InChI=1S/C21H26N6O/c1-3-27(4-2)13-17-15-7-5-6-8-18(15)24-19(17)11-16-20(25-26-21(16)28)14-9-10-22-23-12-14/h9-12,24H,3-8,13H2,1-2H3,(H,26,28). The molecule has 2 aromatic rings. The molecule has 0 bridgehead atoms. The molecule has 1 amide bonds. The third-order valence-electron chi connectivity index (χ3n) is 5.63. The lowest BCUT2D eigenvalue weighted by Crippen LogP contribution is -2.23. The Labute approximate surface area is 164 Å². The Morgan fingerprint density at radius 3 is 2.75 bits per heavy atom. The van der Waals surface area contributed by atoms with E-state index in [4.69, 9.17) is 0 Å². The number of aromatic nitrogens is 3. The molecule has 0 radical (unpaired) electrons. The lowest BCUT2D eigenvalue weighted by atomic mass is 9.93. The number of rotatable bonds is 6. The zero-order chi connectivity index (χ0) is 19.5. The van der Waals surface area contributed by atoms with Gasteiger partial charge in [0.05, 0.1) is 18.0 Å². The van der Waals surface area contributed by atoms with Crippen molar-refractivity contribution in [2.24, 2.45) is 5.10 Å². The fraction of sp³-hybridized carbons (Fsp3) is 0.429. The maximum absolute atomic E-state index is 12.5. The van der Waals surface area contributed by atoms with Gasteiger partial charge in [0.25, 0.3) is 5.91 Å². The number of aryl methyl sites for hydroxylation is 1. The van der Waals surface area contributed by atoms with E-state index in [0.717, 1.165) is 43.7 Å². The number of aromatic amines is 1. The summed E-state index contributed by atoms with van der Waals surface area (Å²) in [4.78, 5) is 18.5. The van der Waals surface area contributed by atoms with Crippen LogP contribution in [-0.4, -0.2) is 44.8 Å². The molecular formula is C21H26N6O. The Bertz CT molecular complexity index is 924. The van der Waals surface area contributed by atoms with E-state index in [0.29, 0.717) is 11.3 Å². The average molecular weight is 378 g/mol. The second-order valence-corrected chi connectivity index (χ2v) is 7.23. The van der Waals surface area contributed by atoms with Gasteiger partial charge in [0.1, 0.15) is 5.71 Å². The number of nitrogens with one attached hydrogen (secondary N) is 2. The number of nitrogens with zero attached hydrogens (tertiary/aromatic N) is 4. The maximum atomic E-state index is 12.5. The summed E-state index contributed by atoms with van der Waals surface area (Å²) in [5, 5.41) is 12.0. The lowest BCUT2D eigenvalue weighted by molar-refractivity contribution is -0.116. The van der Waals surface area contributed by atoms with Crippen molar-refractivity contribution >= 4 is 17.7 Å². The summed E-state index contributed by atoms with van der Waals surface area (Å²) in [5.41, 5.74) is 9.65. The van der Waals surface area contributed by atoms with Crippen molar-refractivity contribution in [1.82, 2.24) is 25.5 Å². The predicted molar refractivity (Wildman–Crippen MR) is 109 cm³/mol. The molecule has 0 spiro atoms. The van der Waals surface area contributed by atoms with Gasteiger partial charge in [0, 0.05) is 23.5 Å². The van der Waals surface area contributed by atoms with Gasteiger partial charge in [-0.05, 0) is 62.0 Å². The number of hydrazone groups is 1. The summed E-state index contributed by atoms with van der Waals surface area (Å²) in [6.45, 7) is 7.27. The smallest absolute Gasteiger partial charge is 0.273 e. The van der Waals surface area contributed by atoms with Gasteiger partial charge in [-0.2, -0.15) is 15.3 Å². The van der Waals surface area contributed by atoms with E-state index in [9.17, 15) is 4.79 Å². The zero-order valence-electron chi connectivity index (χ0n) is 16.5. The Morgan fingerprint density at radius 2 is 2.00 bits per heavy atom. The SMILES string of the molecule is CCN(CC)Cc1c(C=C2C(=O)NN=C2c2ccnnc2)[nH]c2c1CCCC2. The van der Waals surface area contributed by atoms with E-state index in [1.165, 1.54) is 29.7 Å². The number of carbonyl (C=O) groups excluding carboxylic acids is 1. The maximum Gasteiger partial charge on any atom is 0.273 e. The fourth-order valence-corrected chi connectivity index (χ4v) is 4.02. The summed E-state index contributed by atoms with van der Waals surface area (Å²) in [6.07, 6.45) is 9.81. The highest BCUT2D eigenvalue weighted by atomic mass is 16.2. The van der Waals surface area contributed by atoms with Gasteiger partial charge in [-0.15, -0.1) is 0 Å². The molecule has 0 unspecified atom stereocenters. The molecule has 2 aromatic heterocycles. The van der Waals surface area contributed by atoms with Crippen LogP contribution < -0.4 is 5.43 Å². The Balaban J connectivity index is 1.76. The van der Waals surface area contributed by atoms with Crippen molar-refractivity contribution in [1.29, 1.82) is 0 Å². The van der Waals surface area contributed by atoms with E-state index in [1.807, 2.05) is 12.1 Å². The van der Waals surface area contributed by atoms with Crippen LogP contribution in [0.15, 0.2) is 29.1 Å². The average Bonchev–Trinajstić information content (AvgIpc) is 3.27. The monoisotopic (exact) mass is 378 g/mol. The third-order valence-corrected chi connectivity index (χ3v) is 5.63. The lowest BCUT2D eigenvalue weighted by Gasteiger charge is -2.20. The minimum atomic E-state index is -0.187. The third kappa shape index (κ3) is 3.49. The van der Waals surface area contributed by atoms with Crippen LogP contribution in [0, 0.1) is 0 Å². The molecule has 2 N–H and O–H groups in total. The van der Waals surface area contributed by atoms with Crippen molar-refractivity contribution in [3.63, 3.8) is 0 Å². The van der Waals surface area contributed by atoms with Crippen molar-refractivity contribution in [3.8, 4) is 0 Å². The summed E-state index contributed by atoms with van der Waals surface area (Å²) in [7, 11) is 0. The van der Waals surface area contributed by atoms with E-state index in [1.54, 1.807) is 12.4 Å². The van der Waals surface area contributed by atoms with Crippen LogP contribution in [0.1, 0.15) is 54.8 Å². The number of carbonyl (C=O) groups is 1. The van der Waals surface area contributed by atoms with Gasteiger partial charge in [-0.1, -0.05) is 13.8 Å². The Kier molecular flexibility index (Phi) is 5.34. The molecule has 0 fully saturated rings. The first kappa shape index (κ1) is 18.6. The molecule has 0 saturated heterocycles. The molecular weight excluding hydrogens is 352 g/mol. The topological polar surface area (TPSA) is 86.3 Å². The molecule has 0 atom stereocenters. The molecule has 1 aliphatic carbocycles. The Morgan fingerprint density at radius 1 is 1.18 bits per heavy atom. The van der Waals surface area contributed by atoms with Crippen molar-refractivity contribution < 1.29 is 4.79 Å². The highest BCUT2D eigenvalue weighted by Gasteiger charge is 2.27. The van der Waals surface area contributed by atoms with Crippen molar-refractivity contribution in [3.05, 3.63) is 52.1 Å². The fourth-order valence-electron chi connectivity index (χ4n) is 4.02. The number of hydrogen-bond donors (Lipinski definition) is 2. The summed E-state index contributed by atoms with van der Waals surface area (Å²) in [5.74, 6) is -0.187. The molecule has 7 nitrogen and oxygen atoms in total. The van der Waals surface area contributed by atoms with E-state index < -0.39 is 0 Å². The second-order valence-electron chi connectivity index (χ2n) is 7.23. The minimum absolute atomic E-state index is 0.187. The van der Waals surface area contributed by atoms with Crippen LogP contribution in [0.2, 0.25) is 0 Å². The van der Waals surface area contributed by atoms with Crippen LogP contribution in [-0.2, 0) is 24.2 Å². The Hall–Kier alpha value is -2.80. The highest BCUT2D eigenvalue weighted by Crippen LogP contribution is 2.30. The molecule has 0 aromatic carbocycles. The summed E-state index contributed by atoms with van der Waals surface area (Å²) >= 11 is 0. The van der Waals surface area contributed by atoms with Crippen molar-refractivity contribution in [2.45, 2.75) is 46.1 Å². The summed E-state index contributed by atoms with van der Waals surface area (Å²) in [6, 6.07) is 1.82. The van der Waals surface area contributed by atoms with Gasteiger partial charge in [-0.25, -0.2) is 5.43 Å². The molecule has 0 saturated carbocycles. The second kappa shape index (κ2) is 8.06. The molecule has 1 aliphatic heterocycles. The first-order valence-corrected chi connectivity index (χ1v) is 10.0. The number of fused-ring (bicyclic) bond motifs is 1. The highest BCUT2D eigenvalue weighted by molar-refractivity contribution is 6.33. The molecule has 3 heterocycles. The first-order chi connectivity index (χ1) is 13.7. The van der Waals surface area contributed by atoms with Crippen LogP contribution in [0.3, 0.4) is 0 Å². The van der Waals surface area contributed by atoms with E-state index in [2.05, 4.69) is 44.5 Å². The van der Waals surface area contributed by atoms with Gasteiger partial charge in [0.15, 0.2) is 0 Å². The van der Waals surface area contributed by atoms with Gasteiger partial charge >= 0.3 is 0 Å². The van der Waals surface area contributed by atoms with Gasteiger partial charge < -0.3 is 4.98 Å². The van der Waals surface area contributed by atoms with Gasteiger partial charge in [-0.3, -0.25) is 9.69 Å². The zero-order valence-corrected chi connectivity index (χ0v) is 16.5. The number of hydrogen-bond acceptors (Lipinski definition) is 5. The number of amides is 1. The first-order valence-electron chi connectivity index (χ1n) is 10.0. The van der Waals surface area contributed by atoms with E-state index in [-0.39, 0.29) is 5.91 Å². The van der Waals surface area contributed by atoms with Crippen LogP contribution in [0.25, 0.3) is 6.08 Å². The molecule has 146 valence electrons. The quantitative estimate of drug-likeness (QED) is 0.756. The molecule has 7 heteroatoms. The molecule has 2 aliphatic rings. The van der Waals surface area contributed by atoms with Crippen LogP contribution >= 0.6 is 0 Å².